The molecule has 0 saturated carbocycles. The Hall–Kier alpha value is -1.25. The molecule has 160 valence electrons. The zero-order valence-corrected chi connectivity index (χ0v) is 20.1. The molecule has 4 nitrogen and oxygen atoms in total. The molecule has 2 heterocycles. The average molecular weight is 462 g/mol. The molecule has 0 spiro atoms. The Balaban J connectivity index is 1.60. The maximum atomic E-state index is 10.3. The number of rotatable bonds is 7. The van der Waals surface area contributed by atoms with E-state index in [2.05, 4.69) is 57.6 Å². The molecule has 2 aliphatic heterocycles. The summed E-state index contributed by atoms with van der Waals surface area (Å²) in [6.07, 6.45) is 6.08. The Bertz CT molecular complexity index is 960. The van der Waals surface area contributed by atoms with Crippen molar-refractivity contribution in [3.05, 3.63) is 69.5 Å². The maximum Gasteiger partial charge on any atom is 0.113 e. The first-order valence-corrected chi connectivity index (χ1v) is 12.3. The first-order chi connectivity index (χ1) is 14.3. The molecule has 3 aliphatic rings. The topological polar surface area (TPSA) is 41.7 Å². The van der Waals surface area contributed by atoms with Gasteiger partial charge >= 0.3 is 0 Å². The number of benzene rings is 1. The van der Waals surface area contributed by atoms with E-state index in [1.54, 1.807) is 5.06 Å². The molecule has 1 aliphatic carbocycles. The Labute approximate surface area is 192 Å². The number of aliphatic hydroxyl groups is 1. The van der Waals surface area contributed by atoms with Crippen molar-refractivity contribution < 1.29 is 13.6 Å². The Morgan fingerprint density at radius 3 is 2.63 bits per heavy atom. The molecule has 4 rings (SSSR count). The second-order valence-electron chi connectivity index (χ2n) is 8.58. The zero-order chi connectivity index (χ0) is 21.5. The predicted molar refractivity (Wildman–Crippen MR) is 130 cm³/mol. The minimum Gasteiger partial charge on any atom is -0.508 e. The minimum absolute atomic E-state index is 0.175. The van der Waals surface area contributed by atoms with Gasteiger partial charge in [0.2, 0.25) is 0 Å². The number of aliphatic hydroxyl groups excluding tert-OH is 1. The van der Waals surface area contributed by atoms with Crippen LogP contribution in [0.4, 0.5) is 0 Å². The number of nitrogens with zero attached hydrogens (tertiary/aromatic N) is 1. The Morgan fingerprint density at radius 1 is 1.30 bits per heavy atom. The van der Waals surface area contributed by atoms with Gasteiger partial charge in [-0.25, -0.2) is 5.06 Å². The molecule has 0 unspecified atom stereocenters. The van der Waals surface area contributed by atoms with Gasteiger partial charge in [-0.3, -0.25) is 0 Å². The zero-order valence-electron chi connectivity index (χ0n) is 17.5. The van der Waals surface area contributed by atoms with Crippen LogP contribution in [0.5, 0.6) is 0 Å². The van der Waals surface area contributed by atoms with Crippen LogP contribution in [-0.4, -0.2) is 23.0 Å². The third-order valence-corrected chi connectivity index (χ3v) is 7.65. The fourth-order valence-corrected chi connectivity index (χ4v) is 5.96. The van der Waals surface area contributed by atoms with Gasteiger partial charge in [-0.1, -0.05) is 62.0 Å². The largest absolute Gasteiger partial charge is 0.508 e. The van der Waals surface area contributed by atoms with E-state index >= 15 is 0 Å². The summed E-state index contributed by atoms with van der Waals surface area (Å²) >= 11 is 6.96. The fraction of sp³-hybridized carbons (Fsp3) is 0.391. The highest BCUT2D eigenvalue weighted by Gasteiger charge is 2.37. The van der Waals surface area contributed by atoms with Crippen molar-refractivity contribution in [2.45, 2.75) is 39.5 Å². The summed E-state index contributed by atoms with van der Waals surface area (Å²) in [5.74, 6) is 0.175. The van der Waals surface area contributed by atoms with Gasteiger partial charge in [-0.05, 0) is 54.5 Å². The maximum absolute atomic E-state index is 10.3. The monoisotopic (exact) mass is 461 g/mol. The second-order valence-corrected chi connectivity index (χ2v) is 10.4. The normalized spacial score (nSPS) is 20.6. The molecular weight excluding hydrogens is 434 g/mol. The Morgan fingerprint density at radius 2 is 2.00 bits per heavy atom. The van der Waals surface area contributed by atoms with Crippen molar-refractivity contribution in [1.82, 2.24) is 5.06 Å². The smallest absolute Gasteiger partial charge is 0.113 e. The quantitative estimate of drug-likeness (QED) is 0.256. The van der Waals surface area contributed by atoms with E-state index in [0.717, 1.165) is 52.3 Å². The van der Waals surface area contributed by atoms with E-state index in [0.29, 0.717) is 12.0 Å². The van der Waals surface area contributed by atoms with Crippen LogP contribution < -0.4 is 0 Å². The lowest BCUT2D eigenvalue weighted by atomic mass is 9.75. The van der Waals surface area contributed by atoms with Crippen LogP contribution in [0.25, 0.3) is 10.6 Å². The summed E-state index contributed by atoms with van der Waals surface area (Å²) in [4.78, 5) is 2.59. The van der Waals surface area contributed by atoms with Gasteiger partial charge in [-0.2, -0.15) is 4.28 Å². The molecule has 0 amide bonds. The molecule has 30 heavy (non-hydrogen) atoms. The first kappa shape index (κ1) is 22.0. The standard InChI is InChI=1S/C23H27NO3S3/c1-14(25)18-11-17-12-23(2,3)10-9-20(17)30-22(18)16-7-5-15(6-8-16)21-19(13-26-28)24(21)27-29-4/h5-8,25,28H,1,9-13H2,2-4H3. The number of hydrogen-bond donors (Lipinski definition) is 2. The third kappa shape index (κ3) is 4.36. The van der Waals surface area contributed by atoms with Crippen molar-refractivity contribution in [1.29, 1.82) is 0 Å². The second kappa shape index (κ2) is 8.71. The van der Waals surface area contributed by atoms with Gasteiger partial charge in [0, 0.05) is 34.3 Å². The molecule has 0 bridgehead atoms. The lowest BCUT2D eigenvalue weighted by molar-refractivity contribution is 0.115. The van der Waals surface area contributed by atoms with Gasteiger partial charge in [-0.15, -0.1) is 0 Å². The van der Waals surface area contributed by atoms with Crippen LogP contribution in [0.3, 0.4) is 0 Å². The number of hydroxylamine groups is 2. The molecule has 0 radical (unpaired) electrons. The van der Waals surface area contributed by atoms with E-state index < -0.39 is 0 Å². The molecular formula is C23H27NO3S3. The number of thiol groups is 1. The van der Waals surface area contributed by atoms with E-state index in [1.807, 2.05) is 18.0 Å². The molecule has 1 aromatic carbocycles. The number of thioether (sulfide) groups is 1. The molecule has 0 saturated heterocycles. The van der Waals surface area contributed by atoms with E-state index in [4.69, 9.17) is 8.47 Å². The van der Waals surface area contributed by atoms with Gasteiger partial charge < -0.3 is 9.29 Å². The van der Waals surface area contributed by atoms with Crippen LogP contribution in [0.2, 0.25) is 0 Å². The van der Waals surface area contributed by atoms with Crippen LogP contribution in [-0.2, 0) is 8.47 Å². The Kier molecular flexibility index (Phi) is 6.38. The molecule has 0 fully saturated rings. The number of allylic oxidation sites excluding steroid dienone is 3. The predicted octanol–water partition coefficient (Wildman–Crippen LogP) is 7.13. The first-order valence-electron chi connectivity index (χ1n) is 9.96. The van der Waals surface area contributed by atoms with E-state index in [9.17, 15) is 5.11 Å². The summed E-state index contributed by atoms with van der Waals surface area (Å²) in [6.45, 7) is 8.90. The van der Waals surface area contributed by atoms with Crippen molar-refractivity contribution in [3.63, 3.8) is 0 Å². The fourth-order valence-electron chi connectivity index (χ4n) is 4.21. The molecule has 1 aromatic rings. The van der Waals surface area contributed by atoms with Crippen molar-refractivity contribution in [2.24, 2.45) is 5.41 Å². The minimum atomic E-state index is 0.175. The van der Waals surface area contributed by atoms with E-state index in [1.165, 1.54) is 28.9 Å². The summed E-state index contributed by atoms with van der Waals surface area (Å²) in [6, 6.07) is 8.40. The van der Waals surface area contributed by atoms with E-state index in [-0.39, 0.29) is 5.76 Å². The SMILES string of the molecule is C=C(O)C1=C(c2ccc(C3=C(COS)N3OSC)cc2)SC2=C(C1)CC(C)(C)CC2. The van der Waals surface area contributed by atoms with Gasteiger partial charge in [0.1, 0.15) is 23.8 Å². The highest BCUT2D eigenvalue weighted by molar-refractivity contribution is 8.11. The van der Waals surface area contributed by atoms with Crippen LogP contribution in [0.15, 0.2) is 58.4 Å². The molecule has 0 aromatic heterocycles. The van der Waals surface area contributed by atoms with Gasteiger partial charge in [0.05, 0.1) is 0 Å². The average Bonchev–Trinajstić information content (AvgIpc) is 3.39. The highest BCUT2D eigenvalue weighted by atomic mass is 32.2. The third-order valence-electron chi connectivity index (χ3n) is 5.80. The summed E-state index contributed by atoms with van der Waals surface area (Å²) in [5, 5.41) is 12.1. The molecule has 7 heteroatoms. The molecule has 0 atom stereocenters. The number of hydrogen-bond acceptors (Lipinski definition) is 7. The lowest BCUT2D eigenvalue weighted by Crippen LogP contribution is -2.20. The lowest BCUT2D eigenvalue weighted by Gasteiger charge is -2.36. The highest BCUT2D eigenvalue weighted by Crippen LogP contribution is 2.53. The van der Waals surface area contributed by atoms with Gasteiger partial charge in [0.25, 0.3) is 0 Å². The van der Waals surface area contributed by atoms with Crippen molar-refractivity contribution in [2.75, 3.05) is 12.9 Å². The summed E-state index contributed by atoms with van der Waals surface area (Å²) in [5.41, 5.74) is 6.91. The summed E-state index contributed by atoms with van der Waals surface area (Å²) < 4.78 is 10.5. The summed E-state index contributed by atoms with van der Waals surface area (Å²) in [7, 11) is 0. The van der Waals surface area contributed by atoms with Gasteiger partial charge in [0.15, 0.2) is 0 Å². The van der Waals surface area contributed by atoms with Crippen LogP contribution in [0, 0.1) is 5.41 Å². The van der Waals surface area contributed by atoms with Crippen LogP contribution >= 0.6 is 36.7 Å². The van der Waals surface area contributed by atoms with Crippen molar-refractivity contribution in [3.8, 4) is 0 Å². The van der Waals surface area contributed by atoms with Crippen molar-refractivity contribution >= 4 is 47.3 Å². The van der Waals surface area contributed by atoms with Crippen LogP contribution in [0.1, 0.15) is 50.7 Å². The molecule has 1 N–H and O–H groups in total.